The van der Waals surface area contributed by atoms with Crippen molar-refractivity contribution in [1.29, 1.82) is 0 Å². The van der Waals surface area contributed by atoms with Crippen molar-refractivity contribution in [2.24, 2.45) is 0 Å². The zero-order valence-electron chi connectivity index (χ0n) is 9.05. The van der Waals surface area contributed by atoms with Crippen LogP contribution >= 0.6 is 15.9 Å². The standard InChI is InChI=1S/C12H15BrO2/c1-4-15-11-7-5-6-10(9(2)8-13)12(11)14-3/h5-7H,2,4,8H2,1,3H3. The fourth-order valence-corrected chi connectivity index (χ4v) is 1.65. The molecule has 82 valence electrons. The normalized spacial score (nSPS) is 9.80. The number of allylic oxidation sites excluding steroid dienone is 1. The van der Waals surface area contributed by atoms with Crippen LogP contribution < -0.4 is 9.47 Å². The number of alkyl halides is 1. The summed E-state index contributed by atoms with van der Waals surface area (Å²) < 4.78 is 10.8. The van der Waals surface area contributed by atoms with Crippen molar-refractivity contribution in [3.8, 4) is 11.5 Å². The third-order valence-corrected chi connectivity index (χ3v) is 2.70. The summed E-state index contributed by atoms with van der Waals surface area (Å²) in [7, 11) is 1.64. The second-order valence-electron chi connectivity index (χ2n) is 3.01. The Morgan fingerprint density at radius 1 is 1.47 bits per heavy atom. The Balaban J connectivity index is 3.15. The first-order valence-corrected chi connectivity index (χ1v) is 5.90. The molecule has 0 aromatic heterocycles. The minimum atomic E-state index is 0.626. The molecule has 15 heavy (non-hydrogen) atoms. The number of halogens is 1. The Hall–Kier alpha value is -0.960. The fourth-order valence-electron chi connectivity index (χ4n) is 1.35. The second-order valence-corrected chi connectivity index (χ2v) is 3.57. The van der Waals surface area contributed by atoms with E-state index in [9.17, 15) is 0 Å². The first-order chi connectivity index (χ1) is 7.24. The van der Waals surface area contributed by atoms with Gasteiger partial charge in [0.25, 0.3) is 0 Å². The molecule has 0 atom stereocenters. The maximum absolute atomic E-state index is 5.48. The first kappa shape index (κ1) is 12.1. The quantitative estimate of drug-likeness (QED) is 0.763. The average molecular weight is 271 g/mol. The lowest BCUT2D eigenvalue weighted by Gasteiger charge is -2.13. The molecule has 0 spiro atoms. The molecule has 0 saturated heterocycles. The van der Waals surface area contributed by atoms with Gasteiger partial charge in [0.2, 0.25) is 0 Å². The summed E-state index contributed by atoms with van der Waals surface area (Å²) in [6, 6.07) is 5.81. The molecule has 0 bridgehead atoms. The summed E-state index contributed by atoms with van der Waals surface area (Å²) in [5.74, 6) is 1.52. The Morgan fingerprint density at radius 3 is 2.73 bits per heavy atom. The molecule has 0 aliphatic heterocycles. The Kier molecular flexibility index (Phi) is 4.69. The van der Waals surface area contributed by atoms with Crippen LogP contribution in [0.15, 0.2) is 24.8 Å². The molecule has 0 aliphatic rings. The smallest absolute Gasteiger partial charge is 0.168 e. The molecule has 0 aliphatic carbocycles. The Bertz CT molecular complexity index is 347. The highest BCUT2D eigenvalue weighted by atomic mass is 79.9. The molecular formula is C12H15BrO2. The number of hydrogen-bond donors (Lipinski definition) is 0. The van der Waals surface area contributed by atoms with Gasteiger partial charge < -0.3 is 9.47 Å². The van der Waals surface area contributed by atoms with Crippen LogP contribution in [-0.2, 0) is 0 Å². The molecule has 1 aromatic rings. The van der Waals surface area contributed by atoms with Gasteiger partial charge in [-0.05, 0) is 18.6 Å². The summed E-state index contributed by atoms with van der Waals surface area (Å²) in [4.78, 5) is 0. The highest BCUT2D eigenvalue weighted by molar-refractivity contribution is 9.09. The third-order valence-electron chi connectivity index (χ3n) is 2.03. The van der Waals surface area contributed by atoms with E-state index >= 15 is 0 Å². The van der Waals surface area contributed by atoms with Gasteiger partial charge in [-0.25, -0.2) is 0 Å². The minimum absolute atomic E-state index is 0.626. The summed E-state index contributed by atoms with van der Waals surface area (Å²) in [6.07, 6.45) is 0. The summed E-state index contributed by atoms with van der Waals surface area (Å²) in [5, 5.41) is 0.721. The van der Waals surface area contributed by atoms with Gasteiger partial charge in [-0.15, -0.1) is 0 Å². The monoisotopic (exact) mass is 270 g/mol. The first-order valence-electron chi connectivity index (χ1n) is 4.78. The molecule has 1 aromatic carbocycles. The van der Waals surface area contributed by atoms with E-state index in [4.69, 9.17) is 9.47 Å². The fraction of sp³-hybridized carbons (Fsp3) is 0.333. The maximum atomic E-state index is 5.48. The van der Waals surface area contributed by atoms with Crippen molar-refractivity contribution in [2.45, 2.75) is 6.92 Å². The lowest BCUT2D eigenvalue weighted by Crippen LogP contribution is -1.98. The predicted molar refractivity (Wildman–Crippen MR) is 67.0 cm³/mol. The van der Waals surface area contributed by atoms with Gasteiger partial charge in [0, 0.05) is 10.9 Å². The van der Waals surface area contributed by atoms with E-state index in [1.54, 1.807) is 7.11 Å². The van der Waals surface area contributed by atoms with Gasteiger partial charge in [0.15, 0.2) is 11.5 Å². The molecule has 0 radical (unpaired) electrons. The van der Waals surface area contributed by atoms with Crippen molar-refractivity contribution < 1.29 is 9.47 Å². The lowest BCUT2D eigenvalue weighted by molar-refractivity contribution is 0.310. The molecule has 0 amide bonds. The van der Waals surface area contributed by atoms with Crippen LogP contribution in [-0.4, -0.2) is 19.0 Å². The maximum Gasteiger partial charge on any atom is 0.168 e. The molecule has 1 rings (SSSR count). The number of hydrogen-bond acceptors (Lipinski definition) is 2. The van der Waals surface area contributed by atoms with Crippen LogP contribution in [0.3, 0.4) is 0 Å². The zero-order valence-corrected chi connectivity index (χ0v) is 10.6. The van der Waals surface area contributed by atoms with Gasteiger partial charge in [0.05, 0.1) is 13.7 Å². The number of rotatable bonds is 5. The third kappa shape index (κ3) is 2.75. The van der Waals surface area contributed by atoms with Gasteiger partial charge in [-0.3, -0.25) is 0 Å². The molecule has 0 unspecified atom stereocenters. The van der Waals surface area contributed by atoms with E-state index in [-0.39, 0.29) is 0 Å². The minimum Gasteiger partial charge on any atom is -0.492 e. The van der Waals surface area contributed by atoms with Crippen molar-refractivity contribution in [1.82, 2.24) is 0 Å². The van der Waals surface area contributed by atoms with Crippen LogP contribution in [0.4, 0.5) is 0 Å². The summed E-state index contributed by atoms with van der Waals surface area (Å²) in [6.45, 7) is 6.55. The molecule has 3 heteroatoms. The Labute approximate surface area is 99.0 Å². The molecule has 0 heterocycles. The van der Waals surface area contributed by atoms with Crippen LogP contribution in [0, 0.1) is 0 Å². The number of ether oxygens (including phenoxy) is 2. The van der Waals surface area contributed by atoms with Crippen LogP contribution in [0.5, 0.6) is 11.5 Å². The van der Waals surface area contributed by atoms with E-state index in [1.807, 2.05) is 25.1 Å². The largest absolute Gasteiger partial charge is 0.492 e. The highest BCUT2D eigenvalue weighted by Crippen LogP contribution is 2.35. The van der Waals surface area contributed by atoms with Crippen LogP contribution in [0.2, 0.25) is 0 Å². The second kappa shape index (κ2) is 5.81. The molecule has 0 fully saturated rings. The SMILES string of the molecule is C=C(CBr)c1cccc(OCC)c1OC. The molecular weight excluding hydrogens is 256 g/mol. The van der Waals surface area contributed by atoms with Crippen molar-refractivity contribution in [3.05, 3.63) is 30.3 Å². The molecule has 2 nitrogen and oxygen atoms in total. The zero-order chi connectivity index (χ0) is 11.3. The molecule has 0 saturated carbocycles. The topological polar surface area (TPSA) is 18.5 Å². The van der Waals surface area contributed by atoms with Crippen LogP contribution in [0.25, 0.3) is 5.57 Å². The molecule has 0 N–H and O–H groups in total. The number of benzene rings is 1. The van der Waals surface area contributed by atoms with Gasteiger partial charge in [0.1, 0.15) is 0 Å². The number of para-hydroxylation sites is 1. The van der Waals surface area contributed by atoms with Gasteiger partial charge in [-0.1, -0.05) is 34.6 Å². The van der Waals surface area contributed by atoms with Crippen molar-refractivity contribution in [3.63, 3.8) is 0 Å². The van der Waals surface area contributed by atoms with E-state index in [1.165, 1.54) is 0 Å². The highest BCUT2D eigenvalue weighted by Gasteiger charge is 2.11. The number of methoxy groups -OCH3 is 1. The van der Waals surface area contributed by atoms with Gasteiger partial charge in [-0.2, -0.15) is 0 Å². The summed E-state index contributed by atoms with van der Waals surface area (Å²) in [5.41, 5.74) is 1.97. The average Bonchev–Trinajstić information content (AvgIpc) is 2.28. The van der Waals surface area contributed by atoms with Crippen LogP contribution in [0.1, 0.15) is 12.5 Å². The lowest BCUT2D eigenvalue weighted by atomic mass is 10.1. The van der Waals surface area contributed by atoms with Crippen molar-refractivity contribution >= 4 is 21.5 Å². The van der Waals surface area contributed by atoms with E-state index < -0.39 is 0 Å². The van der Waals surface area contributed by atoms with Crippen molar-refractivity contribution in [2.75, 3.05) is 19.0 Å². The predicted octanol–water partition coefficient (Wildman–Crippen LogP) is 3.50. The van der Waals surface area contributed by atoms with E-state index in [0.29, 0.717) is 6.61 Å². The summed E-state index contributed by atoms with van der Waals surface area (Å²) >= 11 is 3.38. The van der Waals surface area contributed by atoms with Gasteiger partial charge >= 0.3 is 0 Å². The van der Waals surface area contributed by atoms with E-state index in [0.717, 1.165) is 28.0 Å². The van der Waals surface area contributed by atoms with E-state index in [2.05, 4.69) is 22.5 Å². The Morgan fingerprint density at radius 2 is 2.20 bits per heavy atom.